The van der Waals surface area contributed by atoms with E-state index in [2.05, 4.69) is 15.2 Å². The van der Waals surface area contributed by atoms with E-state index in [4.69, 9.17) is 11.6 Å². The number of fused-ring (bicyclic) bond motifs is 2. The largest absolute Gasteiger partial charge is 0.433 e. The molecular formula is C24H18ClF3N6O. The molecule has 178 valence electrons. The lowest BCUT2D eigenvalue weighted by Gasteiger charge is -2.16. The number of halogens is 4. The molecule has 7 nitrogen and oxygen atoms in total. The van der Waals surface area contributed by atoms with E-state index >= 15 is 0 Å². The molecule has 0 bridgehead atoms. The number of benzene rings is 2. The lowest BCUT2D eigenvalue weighted by molar-refractivity contribution is -0.142. The highest BCUT2D eigenvalue weighted by Crippen LogP contribution is 2.33. The minimum Gasteiger partial charge on any atom is -0.334 e. The first-order chi connectivity index (χ1) is 16.6. The van der Waals surface area contributed by atoms with Gasteiger partial charge in [0.05, 0.1) is 29.2 Å². The van der Waals surface area contributed by atoms with Crippen molar-refractivity contribution >= 4 is 33.9 Å². The summed E-state index contributed by atoms with van der Waals surface area (Å²) in [7, 11) is 3.19. The van der Waals surface area contributed by atoms with Crippen LogP contribution in [-0.4, -0.2) is 42.2 Å². The fraction of sp³-hybridized carbons (Fsp3) is 0.167. The van der Waals surface area contributed by atoms with Gasteiger partial charge < -0.3 is 4.90 Å². The number of aryl methyl sites for hydroxylation is 1. The Bertz CT molecular complexity index is 1570. The van der Waals surface area contributed by atoms with E-state index in [1.54, 1.807) is 19.2 Å². The average molecular weight is 499 g/mol. The number of amides is 1. The first kappa shape index (κ1) is 22.9. The van der Waals surface area contributed by atoms with Gasteiger partial charge in [-0.25, -0.2) is 9.50 Å². The second kappa shape index (κ2) is 8.38. The Morgan fingerprint density at radius 3 is 2.51 bits per heavy atom. The Hall–Kier alpha value is -3.92. The number of carbonyl (C=O) groups excluding carboxylic acids is 1. The first-order valence-electron chi connectivity index (χ1n) is 10.5. The van der Waals surface area contributed by atoms with Crippen LogP contribution in [0.1, 0.15) is 21.9 Å². The summed E-state index contributed by atoms with van der Waals surface area (Å²) >= 11 is 6.11. The molecule has 35 heavy (non-hydrogen) atoms. The fourth-order valence-electron chi connectivity index (χ4n) is 3.88. The summed E-state index contributed by atoms with van der Waals surface area (Å²) in [6, 6.07) is 15.1. The number of hydrogen-bond acceptors (Lipinski definition) is 4. The van der Waals surface area contributed by atoms with Gasteiger partial charge in [0.15, 0.2) is 17.0 Å². The summed E-state index contributed by atoms with van der Waals surface area (Å²) in [4.78, 5) is 18.7. The lowest BCUT2D eigenvalue weighted by atomic mass is 10.0. The monoisotopic (exact) mass is 498 g/mol. The summed E-state index contributed by atoms with van der Waals surface area (Å²) in [5, 5.41) is 10.2. The van der Waals surface area contributed by atoms with E-state index in [1.807, 2.05) is 30.3 Å². The third-order valence-corrected chi connectivity index (χ3v) is 6.04. The third-order valence-electron chi connectivity index (χ3n) is 5.73. The van der Waals surface area contributed by atoms with Crippen molar-refractivity contribution in [3.63, 3.8) is 0 Å². The average Bonchev–Trinajstić information content (AvgIpc) is 3.40. The van der Waals surface area contributed by atoms with Crippen LogP contribution in [0.2, 0.25) is 5.02 Å². The molecule has 11 heteroatoms. The molecule has 3 heterocycles. The predicted octanol–water partition coefficient (Wildman–Crippen LogP) is 5.23. The molecular weight excluding hydrogens is 481 g/mol. The molecule has 0 spiro atoms. The van der Waals surface area contributed by atoms with Gasteiger partial charge in [-0.15, -0.1) is 0 Å². The van der Waals surface area contributed by atoms with E-state index in [0.717, 1.165) is 16.8 Å². The van der Waals surface area contributed by atoms with E-state index < -0.39 is 17.8 Å². The minimum absolute atomic E-state index is 0.0849. The van der Waals surface area contributed by atoms with Crippen molar-refractivity contribution in [1.29, 1.82) is 0 Å². The molecule has 0 fully saturated rings. The molecule has 0 saturated heterocycles. The smallest absolute Gasteiger partial charge is 0.334 e. The Labute approximate surface area is 202 Å². The summed E-state index contributed by atoms with van der Waals surface area (Å²) in [6.07, 6.45) is -3.26. The zero-order valence-corrected chi connectivity index (χ0v) is 19.3. The number of rotatable bonds is 4. The predicted molar refractivity (Wildman–Crippen MR) is 125 cm³/mol. The van der Waals surface area contributed by atoms with Crippen molar-refractivity contribution in [1.82, 2.24) is 29.3 Å². The molecule has 0 atom stereocenters. The third kappa shape index (κ3) is 4.21. The van der Waals surface area contributed by atoms with Crippen LogP contribution in [0.4, 0.5) is 13.2 Å². The molecule has 0 radical (unpaired) electrons. The minimum atomic E-state index is -4.72. The van der Waals surface area contributed by atoms with Crippen molar-refractivity contribution in [3.05, 3.63) is 82.9 Å². The van der Waals surface area contributed by atoms with Gasteiger partial charge in [-0.05, 0) is 22.9 Å². The molecule has 0 aliphatic rings. The summed E-state index contributed by atoms with van der Waals surface area (Å²) < 4.78 is 44.1. The van der Waals surface area contributed by atoms with Gasteiger partial charge in [0, 0.05) is 25.7 Å². The second-order valence-electron chi connectivity index (χ2n) is 8.11. The van der Waals surface area contributed by atoms with Crippen LogP contribution in [-0.2, 0) is 19.8 Å². The van der Waals surface area contributed by atoms with Crippen LogP contribution in [0, 0.1) is 0 Å². The molecule has 2 aromatic carbocycles. The van der Waals surface area contributed by atoms with Gasteiger partial charge in [-0.2, -0.15) is 23.4 Å². The van der Waals surface area contributed by atoms with Crippen LogP contribution in [0.25, 0.3) is 27.7 Å². The maximum absolute atomic E-state index is 14.0. The fourth-order valence-corrected chi connectivity index (χ4v) is 4.11. The van der Waals surface area contributed by atoms with Crippen LogP contribution in [0.15, 0.2) is 60.8 Å². The normalized spacial score (nSPS) is 11.9. The van der Waals surface area contributed by atoms with Gasteiger partial charge in [-0.1, -0.05) is 48.0 Å². The van der Waals surface area contributed by atoms with E-state index in [1.165, 1.54) is 28.9 Å². The second-order valence-corrected chi connectivity index (χ2v) is 8.52. The molecule has 0 N–H and O–H groups in total. The standard InChI is InChI=1S/C24H18ClF3N6O/c1-32(13-20-17(25)12-29-33(20)2)23(35)19-11-22-30-18(10-21(24(26,27)28)34(22)31-19)16-8-7-14-5-3-4-6-15(14)9-16/h3-12H,13H2,1-2H3. The van der Waals surface area contributed by atoms with Gasteiger partial charge in [0.2, 0.25) is 0 Å². The Kier molecular flexibility index (Phi) is 5.47. The van der Waals surface area contributed by atoms with Crippen molar-refractivity contribution in [2.45, 2.75) is 12.7 Å². The van der Waals surface area contributed by atoms with Crippen LogP contribution in [0.3, 0.4) is 0 Å². The molecule has 1 amide bonds. The number of hydrogen-bond donors (Lipinski definition) is 0. The van der Waals surface area contributed by atoms with Gasteiger partial charge >= 0.3 is 6.18 Å². The maximum atomic E-state index is 14.0. The number of nitrogens with zero attached hydrogens (tertiary/aromatic N) is 6. The van der Waals surface area contributed by atoms with E-state index in [-0.39, 0.29) is 23.6 Å². The summed E-state index contributed by atoms with van der Waals surface area (Å²) in [5.74, 6) is -0.576. The van der Waals surface area contributed by atoms with E-state index in [0.29, 0.717) is 20.8 Å². The molecule has 0 aliphatic carbocycles. The van der Waals surface area contributed by atoms with Crippen molar-refractivity contribution in [3.8, 4) is 11.3 Å². The van der Waals surface area contributed by atoms with Gasteiger partial charge in [0.1, 0.15) is 0 Å². The van der Waals surface area contributed by atoms with Crippen molar-refractivity contribution in [2.24, 2.45) is 7.05 Å². The first-order valence-corrected chi connectivity index (χ1v) is 10.9. The van der Waals surface area contributed by atoms with Crippen LogP contribution >= 0.6 is 11.6 Å². The van der Waals surface area contributed by atoms with Crippen LogP contribution < -0.4 is 0 Å². The van der Waals surface area contributed by atoms with Crippen molar-refractivity contribution < 1.29 is 18.0 Å². The SMILES string of the molecule is CN(Cc1c(Cl)cnn1C)C(=O)c1cc2nc(-c3ccc4ccccc4c3)cc(C(F)(F)F)n2n1. The lowest BCUT2D eigenvalue weighted by Crippen LogP contribution is -2.28. The highest BCUT2D eigenvalue weighted by atomic mass is 35.5. The number of aromatic nitrogens is 5. The highest BCUT2D eigenvalue weighted by Gasteiger charge is 2.36. The molecule has 0 unspecified atom stereocenters. The summed E-state index contributed by atoms with van der Waals surface area (Å²) in [6.45, 7) is 0.101. The zero-order chi connectivity index (χ0) is 24.9. The topological polar surface area (TPSA) is 68.3 Å². The Morgan fingerprint density at radius 1 is 1.09 bits per heavy atom. The molecule has 0 aliphatic heterocycles. The molecule has 3 aromatic heterocycles. The quantitative estimate of drug-likeness (QED) is 0.340. The number of carbonyl (C=O) groups is 1. The zero-order valence-electron chi connectivity index (χ0n) is 18.6. The Balaban J connectivity index is 1.57. The molecule has 5 rings (SSSR count). The Morgan fingerprint density at radius 2 is 1.83 bits per heavy atom. The van der Waals surface area contributed by atoms with Crippen molar-refractivity contribution in [2.75, 3.05) is 7.05 Å². The molecule has 0 saturated carbocycles. The summed E-state index contributed by atoms with van der Waals surface area (Å²) in [5.41, 5.74) is -0.0444. The number of alkyl halides is 3. The maximum Gasteiger partial charge on any atom is 0.433 e. The van der Waals surface area contributed by atoms with Gasteiger partial charge in [-0.3, -0.25) is 9.48 Å². The van der Waals surface area contributed by atoms with Crippen LogP contribution in [0.5, 0.6) is 0 Å². The van der Waals surface area contributed by atoms with Gasteiger partial charge in [0.25, 0.3) is 5.91 Å². The highest BCUT2D eigenvalue weighted by molar-refractivity contribution is 6.31. The molecule has 5 aromatic rings. The van der Waals surface area contributed by atoms with E-state index in [9.17, 15) is 18.0 Å².